The fraction of sp³-hybridized carbons (Fsp3) is 0.875. The Kier molecular flexibility index (Phi) is 7.23. The van der Waals surface area contributed by atoms with Crippen molar-refractivity contribution in [3.63, 3.8) is 0 Å². The highest BCUT2D eigenvalue weighted by Gasteiger charge is 2.68. The van der Waals surface area contributed by atoms with Gasteiger partial charge in [0, 0.05) is 41.7 Å². The van der Waals surface area contributed by atoms with Crippen LogP contribution in [0.25, 0.3) is 0 Å². The van der Waals surface area contributed by atoms with Gasteiger partial charge >= 0.3 is 5.97 Å². The molecule has 5 heteroatoms. The van der Waals surface area contributed by atoms with E-state index in [1.165, 1.54) is 25.7 Å². The highest BCUT2D eigenvalue weighted by molar-refractivity contribution is 5.85. The van der Waals surface area contributed by atoms with Crippen molar-refractivity contribution in [1.29, 1.82) is 0 Å². The van der Waals surface area contributed by atoms with Gasteiger partial charge in [0.1, 0.15) is 11.9 Å². The summed E-state index contributed by atoms with van der Waals surface area (Å²) in [6, 6.07) is 1.35. The number of hydrogen-bond acceptors (Lipinski definition) is 5. The van der Waals surface area contributed by atoms with Gasteiger partial charge in [-0.2, -0.15) is 0 Å². The Balaban J connectivity index is 1.41. The average molecular weight is 514 g/mol. The lowest BCUT2D eigenvalue weighted by molar-refractivity contribution is -0.209. The number of nitrogens with zero attached hydrogens (tertiary/aromatic N) is 1. The number of Topliss-reactive ketones (excluding diaryl/α,β-unsaturated/α-hetero) is 1. The van der Waals surface area contributed by atoms with E-state index in [2.05, 4.69) is 46.2 Å². The molecule has 4 bridgehead atoms. The third-order valence-electron chi connectivity index (χ3n) is 12.8. The standard InChI is InChI=1S/C32H51NO4/c1-7-22-13-15-32-16-14-25(34)28(32)31(22,5)26(19-30(4,8-2)29(36)20(32)3)37-27(35)12-9-21-17-23-10-11-24(18-21)33(23)6/h8,20-24,26,28-29,36H,2,7,9-19H2,1,3-6H3/t20-,21?,22?,23?,24?,26+,28-,29-,30+,31-,32-/m0/s1. The normalized spacial score (nSPS) is 49.7. The summed E-state index contributed by atoms with van der Waals surface area (Å²) in [6.45, 7) is 12.8. The number of ether oxygens (including phenoxy) is 1. The zero-order valence-electron chi connectivity index (χ0n) is 24.0. The number of rotatable bonds is 6. The van der Waals surface area contributed by atoms with Crippen molar-refractivity contribution in [3.05, 3.63) is 12.7 Å². The van der Waals surface area contributed by atoms with Gasteiger partial charge in [-0.25, -0.2) is 0 Å². The Hall–Kier alpha value is -1.20. The molecule has 37 heavy (non-hydrogen) atoms. The van der Waals surface area contributed by atoms with Gasteiger partial charge in [0.25, 0.3) is 0 Å². The SMILES string of the molecule is C=C[C@]1(C)C[C@@H](OC(=O)CCC2CC3CCC(C2)N3C)[C@]2(C)C(CC)CC[C@]3(CCC(=O)[C@H]32)[C@@H](C)[C@@H]1O. The van der Waals surface area contributed by atoms with E-state index in [4.69, 9.17) is 4.74 Å². The lowest BCUT2D eigenvalue weighted by Crippen LogP contribution is -2.63. The van der Waals surface area contributed by atoms with Gasteiger partial charge in [-0.1, -0.05) is 40.2 Å². The fourth-order valence-corrected chi connectivity index (χ4v) is 10.3. The number of piperidine rings is 1. The molecular weight excluding hydrogens is 462 g/mol. The number of carbonyl (C=O) groups is 2. The predicted octanol–water partition coefficient (Wildman–Crippen LogP) is 5.94. The summed E-state index contributed by atoms with van der Waals surface area (Å²) in [5, 5.41) is 11.7. The molecule has 5 rings (SSSR count). The summed E-state index contributed by atoms with van der Waals surface area (Å²) >= 11 is 0. The molecule has 5 aliphatic rings. The molecule has 0 amide bonds. The monoisotopic (exact) mass is 513 g/mol. The summed E-state index contributed by atoms with van der Waals surface area (Å²) in [5.41, 5.74) is -1.21. The zero-order chi connectivity index (χ0) is 26.8. The molecule has 3 unspecified atom stereocenters. The smallest absolute Gasteiger partial charge is 0.306 e. The number of ketones is 1. The fourth-order valence-electron chi connectivity index (χ4n) is 10.3. The van der Waals surface area contributed by atoms with Crippen molar-refractivity contribution in [2.75, 3.05) is 7.05 Å². The van der Waals surface area contributed by atoms with E-state index < -0.39 is 23.0 Å². The van der Waals surface area contributed by atoms with Crippen molar-refractivity contribution < 1.29 is 19.4 Å². The van der Waals surface area contributed by atoms with Crippen LogP contribution in [0.4, 0.5) is 0 Å². The summed E-state index contributed by atoms with van der Waals surface area (Å²) in [7, 11) is 2.26. The number of hydrogen-bond donors (Lipinski definition) is 1. The number of esters is 1. The molecule has 208 valence electrons. The minimum absolute atomic E-state index is 0.000496. The van der Waals surface area contributed by atoms with Crippen LogP contribution in [0.1, 0.15) is 105 Å². The Morgan fingerprint density at radius 2 is 1.86 bits per heavy atom. The lowest BCUT2D eigenvalue weighted by Gasteiger charge is -2.62. The Morgan fingerprint density at radius 3 is 2.49 bits per heavy atom. The number of fused-ring (bicyclic) bond motifs is 2. The summed E-state index contributed by atoms with van der Waals surface area (Å²) in [5.74, 6) is 0.970. The summed E-state index contributed by atoms with van der Waals surface area (Å²) in [6.07, 6.45) is 12.1. The van der Waals surface area contributed by atoms with Crippen molar-refractivity contribution >= 4 is 11.8 Å². The van der Waals surface area contributed by atoms with Crippen molar-refractivity contribution in [3.8, 4) is 0 Å². The van der Waals surface area contributed by atoms with Crippen LogP contribution in [0.15, 0.2) is 12.7 Å². The number of carbonyl (C=O) groups excluding carboxylic acids is 2. The molecule has 5 nitrogen and oxygen atoms in total. The van der Waals surface area contributed by atoms with Crippen LogP contribution in [0.2, 0.25) is 0 Å². The predicted molar refractivity (Wildman–Crippen MR) is 146 cm³/mol. The molecule has 0 aromatic carbocycles. The Bertz CT molecular complexity index is 904. The van der Waals surface area contributed by atoms with Gasteiger partial charge in [0.05, 0.1) is 6.10 Å². The first kappa shape index (κ1) is 27.4. The van der Waals surface area contributed by atoms with E-state index in [-0.39, 0.29) is 23.2 Å². The Labute approximate surface area is 224 Å². The van der Waals surface area contributed by atoms with Crippen LogP contribution in [0.5, 0.6) is 0 Å². The highest BCUT2D eigenvalue weighted by atomic mass is 16.5. The number of aliphatic hydroxyl groups is 1. The van der Waals surface area contributed by atoms with E-state index in [1.54, 1.807) is 0 Å². The molecule has 2 heterocycles. The molecule has 10 atom stereocenters. The molecule has 2 aliphatic heterocycles. The van der Waals surface area contributed by atoms with E-state index in [0.29, 0.717) is 49.0 Å². The van der Waals surface area contributed by atoms with E-state index in [0.717, 1.165) is 32.1 Å². The van der Waals surface area contributed by atoms with Crippen LogP contribution >= 0.6 is 0 Å². The molecular formula is C32H51NO4. The number of aliphatic hydroxyl groups excluding tert-OH is 1. The van der Waals surface area contributed by atoms with Crippen molar-refractivity contribution in [2.45, 2.75) is 129 Å². The largest absolute Gasteiger partial charge is 0.462 e. The molecule has 3 saturated carbocycles. The third kappa shape index (κ3) is 4.17. The molecule has 0 aromatic heterocycles. The van der Waals surface area contributed by atoms with Gasteiger partial charge in [-0.05, 0) is 88.0 Å². The molecule has 2 saturated heterocycles. The second kappa shape index (κ2) is 9.77. The van der Waals surface area contributed by atoms with Crippen LogP contribution in [0, 0.1) is 39.9 Å². The summed E-state index contributed by atoms with van der Waals surface area (Å²) < 4.78 is 6.50. The maximum absolute atomic E-state index is 13.6. The first-order chi connectivity index (χ1) is 17.5. The van der Waals surface area contributed by atoms with Crippen molar-refractivity contribution in [2.24, 2.45) is 39.9 Å². The van der Waals surface area contributed by atoms with Crippen molar-refractivity contribution in [1.82, 2.24) is 4.90 Å². The average Bonchev–Trinajstić information content (AvgIpc) is 3.31. The van der Waals surface area contributed by atoms with E-state index in [1.807, 2.05) is 6.08 Å². The maximum Gasteiger partial charge on any atom is 0.306 e. The van der Waals surface area contributed by atoms with Gasteiger partial charge in [0.2, 0.25) is 0 Å². The first-order valence-electron chi connectivity index (χ1n) is 15.3. The second-order valence-corrected chi connectivity index (χ2v) is 14.2. The van der Waals surface area contributed by atoms with Crippen LogP contribution in [-0.4, -0.2) is 53.1 Å². The molecule has 5 fully saturated rings. The maximum atomic E-state index is 13.6. The van der Waals surface area contributed by atoms with Gasteiger partial charge in [0.15, 0.2) is 0 Å². The van der Waals surface area contributed by atoms with Gasteiger partial charge in [-0.3, -0.25) is 9.59 Å². The van der Waals surface area contributed by atoms with Crippen LogP contribution < -0.4 is 0 Å². The third-order valence-corrected chi connectivity index (χ3v) is 12.8. The topological polar surface area (TPSA) is 66.8 Å². The minimum atomic E-state index is -0.614. The second-order valence-electron chi connectivity index (χ2n) is 14.2. The lowest BCUT2D eigenvalue weighted by atomic mass is 9.43. The quantitative estimate of drug-likeness (QED) is 0.352. The van der Waals surface area contributed by atoms with Gasteiger partial charge < -0.3 is 14.7 Å². The molecule has 1 N–H and O–H groups in total. The molecule has 0 spiro atoms. The first-order valence-corrected chi connectivity index (χ1v) is 15.3. The zero-order valence-corrected chi connectivity index (χ0v) is 24.0. The molecule has 0 radical (unpaired) electrons. The highest BCUT2D eigenvalue weighted by Crippen LogP contribution is 2.68. The molecule has 3 aliphatic carbocycles. The van der Waals surface area contributed by atoms with Gasteiger partial charge in [-0.15, -0.1) is 6.58 Å². The summed E-state index contributed by atoms with van der Waals surface area (Å²) in [4.78, 5) is 29.7. The molecule has 0 aromatic rings. The minimum Gasteiger partial charge on any atom is -0.462 e. The van der Waals surface area contributed by atoms with Crippen LogP contribution in [-0.2, 0) is 14.3 Å². The Morgan fingerprint density at radius 1 is 1.19 bits per heavy atom. The van der Waals surface area contributed by atoms with Crippen LogP contribution in [0.3, 0.4) is 0 Å². The van der Waals surface area contributed by atoms with E-state index >= 15 is 0 Å². The van der Waals surface area contributed by atoms with E-state index in [9.17, 15) is 14.7 Å².